The van der Waals surface area contributed by atoms with E-state index in [9.17, 15) is 4.79 Å². The quantitative estimate of drug-likeness (QED) is 0.800. The van der Waals surface area contributed by atoms with Gasteiger partial charge < -0.3 is 5.11 Å². The zero-order chi connectivity index (χ0) is 14.0. The van der Waals surface area contributed by atoms with Crippen molar-refractivity contribution < 1.29 is 31.1 Å². The second-order valence-electron chi connectivity index (χ2n) is 4.62. The number of benzene rings is 2. The molecule has 0 spiro atoms. The van der Waals surface area contributed by atoms with E-state index in [1.807, 2.05) is 12.1 Å². The smallest absolute Gasteiger partial charge is 0.358 e. The Kier molecular flexibility index (Phi) is 4.24. The summed E-state index contributed by atoms with van der Waals surface area (Å²) in [6.07, 6.45) is 0. The van der Waals surface area contributed by atoms with Gasteiger partial charge in [0.05, 0.1) is 5.56 Å². The van der Waals surface area contributed by atoms with Crippen LogP contribution in [0.25, 0.3) is 0 Å². The molecule has 0 saturated carbocycles. The zero-order valence-electron chi connectivity index (χ0n) is 11.2. The van der Waals surface area contributed by atoms with E-state index >= 15 is 0 Å². The van der Waals surface area contributed by atoms with Crippen molar-refractivity contribution in [2.75, 3.05) is 0 Å². The van der Waals surface area contributed by atoms with Crippen LogP contribution in [-0.2, 0) is 0 Å². The maximum absolute atomic E-state index is 10.8. The van der Waals surface area contributed by atoms with Gasteiger partial charge in [-0.3, -0.25) is 0 Å². The third-order valence-electron chi connectivity index (χ3n) is 2.88. The zero-order valence-corrected chi connectivity index (χ0v) is 13.4. The lowest BCUT2D eigenvalue weighted by Gasteiger charge is -2.01. The average molecular weight is 367 g/mol. The van der Waals surface area contributed by atoms with Gasteiger partial charge in [0.25, 0.3) is 0 Å². The van der Waals surface area contributed by atoms with Crippen LogP contribution in [0, 0.1) is 27.9 Å². The molecule has 1 N–H and O–H groups in total. The van der Waals surface area contributed by atoms with Gasteiger partial charge in [0.1, 0.15) is 0 Å². The Morgan fingerprint density at radius 2 is 1.53 bits per heavy atom. The molecule has 19 heavy (non-hydrogen) atoms. The summed E-state index contributed by atoms with van der Waals surface area (Å²) in [6.45, 7) is 6.42. The molecule has 0 unspecified atom stereocenters. The third-order valence-corrected chi connectivity index (χ3v) is 6.46. The SMILES string of the molecule is Cc1cc(C)c([I+]c2ccc(C(=O)O)cc2)c(C)c1. The Hall–Kier alpha value is -1.36. The van der Waals surface area contributed by atoms with Crippen LogP contribution in [0.1, 0.15) is 27.0 Å². The first-order chi connectivity index (χ1) is 8.97. The van der Waals surface area contributed by atoms with E-state index in [0.717, 1.165) is 0 Å². The number of rotatable bonds is 3. The highest BCUT2D eigenvalue weighted by atomic mass is 127. The van der Waals surface area contributed by atoms with E-state index in [4.69, 9.17) is 5.11 Å². The molecule has 0 amide bonds. The van der Waals surface area contributed by atoms with Gasteiger partial charge >= 0.3 is 27.2 Å². The fourth-order valence-electron chi connectivity index (χ4n) is 2.08. The molecule has 0 atom stereocenters. The van der Waals surface area contributed by atoms with Crippen molar-refractivity contribution in [3.8, 4) is 0 Å². The van der Waals surface area contributed by atoms with Gasteiger partial charge in [-0.1, -0.05) is 17.7 Å². The molecule has 0 fully saturated rings. The number of carbonyl (C=O) groups is 1. The normalized spacial score (nSPS) is 10.5. The highest BCUT2D eigenvalue weighted by molar-refractivity contribution is 5.87. The van der Waals surface area contributed by atoms with Crippen LogP contribution < -0.4 is 21.2 Å². The van der Waals surface area contributed by atoms with Crippen LogP contribution in [0.15, 0.2) is 36.4 Å². The van der Waals surface area contributed by atoms with Crippen molar-refractivity contribution in [2.45, 2.75) is 20.8 Å². The first-order valence-electron chi connectivity index (χ1n) is 6.03. The molecule has 2 aromatic carbocycles. The van der Waals surface area contributed by atoms with Crippen molar-refractivity contribution in [1.29, 1.82) is 0 Å². The van der Waals surface area contributed by atoms with Gasteiger partial charge in [-0.2, -0.15) is 0 Å². The molecule has 0 aromatic heterocycles. The van der Waals surface area contributed by atoms with Crippen LogP contribution in [0.4, 0.5) is 0 Å². The minimum absolute atomic E-state index is 0.253. The van der Waals surface area contributed by atoms with E-state index in [-0.39, 0.29) is 21.2 Å². The number of carboxylic acids is 1. The molecule has 0 radical (unpaired) electrons. The standard InChI is InChI=1S/C16H15IO2/c1-10-8-11(2)15(12(3)9-10)17-14-6-4-13(5-7-14)16(18)19/h4-9H,1-3H3/p+1. The second kappa shape index (κ2) is 5.74. The first kappa shape index (κ1) is 14.1. The van der Waals surface area contributed by atoms with E-state index < -0.39 is 5.97 Å². The lowest BCUT2D eigenvalue weighted by Crippen LogP contribution is -3.62. The number of hydrogen-bond donors (Lipinski definition) is 1. The summed E-state index contributed by atoms with van der Waals surface area (Å²) in [5.74, 6) is -0.868. The highest BCUT2D eigenvalue weighted by Crippen LogP contribution is 2.07. The summed E-state index contributed by atoms with van der Waals surface area (Å²) < 4.78 is 2.69. The molecule has 0 saturated heterocycles. The fraction of sp³-hybridized carbons (Fsp3) is 0.188. The highest BCUT2D eigenvalue weighted by Gasteiger charge is 2.21. The van der Waals surface area contributed by atoms with Crippen LogP contribution in [-0.4, -0.2) is 11.1 Å². The molecule has 98 valence electrons. The minimum Gasteiger partial charge on any atom is -0.478 e. The average Bonchev–Trinajstić information content (AvgIpc) is 2.34. The van der Waals surface area contributed by atoms with Crippen LogP contribution in [0.2, 0.25) is 0 Å². The Bertz CT molecular complexity index is 592. The van der Waals surface area contributed by atoms with Crippen molar-refractivity contribution in [1.82, 2.24) is 0 Å². The van der Waals surface area contributed by atoms with E-state index in [2.05, 4.69) is 32.9 Å². The van der Waals surface area contributed by atoms with Gasteiger partial charge in [0.15, 0.2) is 7.14 Å². The Labute approximate surface area is 123 Å². The summed E-state index contributed by atoms with van der Waals surface area (Å²) in [5, 5.41) is 8.89. The maximum atomic E-state index is 10.8. The largest absolute Gasteiger partial charge is 0.478 e. The Morgan fingerprint density at radius 1 is 1.00 bits per heavy atom. The fourth-order valence-corrected chi connectivity index (χ4v) is 4.58. The molecule has 0 aliphatic carbocycles. The minimum atomic E-state index is -0.868. The summed E-state index contributed by atoms with van der Waals surface area (Å²) in [6, 6.07) is 11.7. The third kappa shape index (κ3) is 3.35. The first-order valence-corrected chi connectivity index (χ1v) is 8.19. The Balaban J connectivity index is 2.29. The van der Waals surface area contributed by atoms with Gasteiger partial charge in [-0.25, -0.2) is 4.79 Å². The topological polar surface area (TPSA) is 37.3 Å². The van der Waals surface area contributed by atoms with E-state index in [1.54, 1.807) is 12.1 Å². The molecular weight excluding hydrogens is 351 g/mol. The van der Waals surface area contributed by atoms with E-state index in [1.165, 1.54) is 23.8 Å². The molecule has 0 heterocycles. The molecule has 2 aromatic rings. The van der Waals surface area contributed by atoms with Crippen molar-refractivity contribution in [3.05, 3.63) is 65.8 Å². The van der Waals surface area contributed by atoms with Gasteiger partial charge in [0, 0.05) is 11.1 Å². The number of aryl methyl sites for hydroxylation is 3. The number of halogens is 1. The molecule has 0 bridgehead atoms. The molecule has 2 nitrogen and oxygen atoms in total. The van der Waals surface area contributed by atoms with Gasteiger partial charge in [-0.05, 0) is 45.0 Å². The van der Waals surface area contributed by atoms with Crippen LogP contribution in [0.3, 0.4) is 0 Å². The van der Waals surface area contributed by atoms with E-state index in [0.29, 0.717) is 5.56 Å². The summed E-state index contributed by atoms with van der Waals surface area (Å²) in [4.78, 5) is 10.8. The maximum Gasteiger partial charge on any atom is 0.358 e. The van der Waals surface area contributed by atoms with Crippen molar-refractivity contribution >= 4 is 5.97 Å². The Morgan fingerprint density at radius 3 is 2.00 bits per heavy atom. The number of hydrogen-bond acceptors (Lipinski definition) is 1. The van der Waals surface area contributed by atoms with Crippen molar-refractivity contribution in [3.63, 3.8) is 0 Å². The van der Waals surface area contributed by atoms with Crippen LogP contribution >= 0.6 is 0 Å². The molecule has 0 aliphatic rings. The monoisotopic (exact) mass is 367 g/mol. The lowest BCUT2D eigenvalue weighted by atomic mass is 10.1. The van der Waals surface area contributed by atoms with Crippen LogP contribution in [0.5, 0.6) is 0 Å². The summed E-state index contributed by atoms with van der Waals surface area (Å²) in [5.41, 5.74) is 4.33. The molecule has 2 rings (SSSR count). The molecular formula is C16H16IO2+. The van der Waals surface area contributed by atoms with Gasteiger partial charge in [0.2, 0.25) is 0 Å². The lowest BCUT2D eigenvalue weighted by molar-refractivity contribution is -0.598. The van der Waals surface area contributed by atoms with Crippen molar-refractivity contribution in [2.24, 2.45) is 0 Å². The predicted octanol–water partition coefficient (Wildman–Crippen LogP) is 0.438. The molecule has 0 aliphatic heterocycles. The molecule has 3 heteroatoms. The summed E-state index contributed by atoms with van der Waals surface area (Å²) in [7, 11) is 0. The second-order valence-corrected chi connectivity index (χ2v) is 7.48. The summed E-state index contributed by atoms with van der Waals surface area (Å²) >= 11 is -0.253. The van der Waals surface area contributed by atoms with Gasteiger partial charge in [-0.15, -0.1) is 0 Å². The number of carboxylic acid groups (broad SMARTS) is 1. The predicted molar refractivity (Wildman–Crippen MR) is 71.4 cm³/mol. The number of aromatic carboxylic acids is 1.